The summed E-state index contributed by atoms with van der Waals surface area (Å²) in [5.74, 6) is 0.453. The van der Waals surface area contributed by atoms with Gasteiger partial charge in [0.25, 0.3) is 0 Å². The van der Waals surface area contributed by atoms with Crippen LogP contribution in [0.1, 0.15) is 22.3 Å². The van der Waals surface area contributed by atoms with Crippen LogP contribution in [0.2, 0.25) is 0 Å². The van der Waals surface area contributed by atoms with Crippen LogP contribution in [0.15, 0.2) is 47.4 Å². The summed E-state index contributed by atoms with van der Waals surface area (Å²) in [6.45, 7) is 3.94. The number of benzene rings is 2. The van der Waals surface area contributed by atoms with Crippen molar-refractivity contribution >= 4 is 21.6 Å². The maximum atomic E-state index is 12.4. The van der Waals surface area contributed by atoms with Gasteiger partial charge in [0.1, 0.15) is 0 Å². The molecule has 0 spiro atoms. The molecule has 112 valence electrons. The second-order valence-corrected chi connectivity index (χ2v) is 7.05. The van der Waals surface area contributed by atoms with E-state index in [2.05, 4.69) is 4.72 Å². The third-order valence-electron chi connectivity index (χ3n) is 3.28. The Labute approximate surface area is 131 Å². The van der Waals surface area contributed by atoms with E-state index in [1.165, 1.54) is 0 Å². The van der Waals surface area contributed by atoms with E-state index in [9.17, 15) is 8.42 Å². The molecule has 0 amide bonds. The van der Waals surface area contributed by atoms with Crippen LogP contribution in [0.25, 0.3) is 0 Å². The summed E-state index contributed by atoms with van der Waals surface area (Å²) in [6.07, 6.45) is 0. The molecule has 5 heteroatoms. The second kappa shape index (κ2) is 6.60. The van der Waals surface area contributed by atoms with Crippen molar-refractivity contribution in [1.82, 2.24) is 4.72 Å². The van der Waals surface area contributed by atoms with Crippen LogP contribution in [0.4, 0.5) is 0 Å². The van der Waals surface area contributed by atoms with Gasteiger partial charge < -0.3 is 0 Å². The predicted octanol–water partition coefficient (Wildman–Crippen LogP) is 3.52. The van der Waals surface area contributed by atoms with Gasteiger partial charge >= 0.3 is 0 Å². The highest BCUT2D eigenvalue weighted by molar-refractivity contribution is 7.89. The van der Waals surface area contributed by atoms with E-state index in [1.807, 2.05) is 43.3 Å². The van der Waals surface area contributed by atoms with E-state index in [0.717, 1.165) is 22.3 Å². The average Bonchev–Trinajstić information content (AvgIpc) is 2.48. The van der Waals surface area contributed by atoms with Crippen molar-refractivity contribution in [3.05, 3.63) is 64.7 Å². The number of rotatable bonds is 5. The predicted molar refractivity (Wildman–Crippen MR) is 85.9 cm³/mol. The fourth-order valence-corrected chi connectivity index (χ4v) is 3.52. The van der Waals surface area contributed by atoms with E-state index in [0.29, 0.717) is 10.8 Å². The molecule has 0 fully saturated rings. The van der Waals surface area contributed by atoms with Gasteiger partial charge in [-0.05, 0) is 42.2 Å². The van der Waals surface area contributed by atoms with Gasteiger partial charge in [0.05, 0.1) is 4.90 Å². The van der Waals surface area contributed by atoms with E-state index >= 15 is 0 Å². The Hall–Kier alpha value is -1.36. The standard InChI is InChI=1S/C16H18ClNO2S/c1-12-3-4-13(2)16(9-12)21(19,20)18-11-15-7-5-14(10-17)6-8-15/h3-9,18H,10-11H2,1-2H3. The number of sulfonamides is 1. The minimum Gasteiger partial charge on any atom is -0.207 e. The molecule has 2 aromatic rings. The zero-order chi connectivity index (χ0) is 15.5. The smallest absolute Gasteiger partial charge is 0.207 e. The minimum absolute atomic E-state index is 0.262. The van der Waals surface area contributed by atoms with Gasteiger partial charge in [0, 0.05) is 12.4 Å². The molecular formula is C16H18ClNO2S. The first-order valence-electron chi connectivity index (χ1n) is 6.63. The molecule has 0 aliphatic rings. The van der Waals surface area contributed by atoms with Crippen LogP contribution in [0.5, 0.6) is 0 Å². The van der Waals surface area contributed by atoms with Crippen molar-refractivity contribution in [1.29, 1.82) is 0 Å². The van der Waals surface area contributed by atoms with Crippen LogP contribution in [-0.2, 0) is 22.4 Å². The van der Waals surface area contributed by atoms with Crippen LogP contribution in [0, 0.1) is 13.8 Å². The second-order valence-electron chi connectivity index (χ2n) is 5.04. The molecule has 0 saturated carbocycles. The fourth-order valence-electron chi connectivity index (χ4n) is 2.00. The lowest BCUT2D eigenvalue weighted by molar-refractivity contribution is 0.580. The summed E-state index contributed by atoms with van der Waals surface area (Å²) in [4.78, 5) is 0.333. The number of nitrogens with one attached hydrogen (secondary N) is 1. The molecule has 2 aromatic carbocycles. The third kappa shape index (κ3) is 4.06. The lowest BCUT2D eigenvalue weighted by atomic mass is 10.1. The monoisotopic (exact) mass is 323 g/mol. The Morgan fingerprint density at radius 1 is 1.00 bits per heavy atom. The van der Waals surface area contributed by atoms with Crippen LogP contribution >= 0.6 is 11.6 Å². The zero-order valence-electron chi connectivity index (χ0n) is 12.1. The molecule has 0 aliphatic heterocycles. The van der Waals surface area contributed by atoms with Gasteiger partial charge in [-0.25, -0.2) is 13.1 Å². The molecule has 0 bridgehead atoms. The quantitative estimate of drug-likeness (QED) is 0.856. The highest BCUT2D eigenvalue weighted by Crippen LogP contribution is 2.17. The molecule has 2 rings (SSSR count). The van der Waals surface area contributed by atoms with Crippen molar-refractivity contribution < 1.29 is 8.42 Å². The number of hydrogen-bond acceptors (Lipinski definition) is 2. The summed E-state index contributed by atoms with van der Waals surface area (Å²) in [5, 5.41) is 0. The highest BCUT2D eigenvalue weighted by atomic mass is 35.5. The molecule has 3 nitrogen and oxygen atoms in total. The topological polar surface area (TPSA) is 46.2 Å². The number of alkyl halides is 1. The minimum atomic E-state index is -3.50. The summed E-state index contributed by atoms with van der Waals surface area (Å²) < 4.78 is 27.4. The summed E-state index contributed by atoms with van der Waals surface area (Å²) in [5.41, 5.74) is 3.58. The molecule has 0 unspecified atom stereocenters. The largest absolute Gasteiger partial charge is 0.241 e. The molecule has 0 atom stereocenters. The Morgan fingerprint density at radius 3 is 2.24 bits per heavy atom. The molecule has 0 radical (unpaired) electrons. The molecular weight excluding hydrogens is 306 g/mol. The lowest BCUT2D eigenvalue weighted by Gasteiger charge is -2.10. The first-order chi connectivity index (χ1) is 9.92. The maximum Gasteiger partial charge on any atom is 0.241 e. The molecule has 0 aromatic heterocycles. The normalized spacial score (nSPS) is 11.6. The van der Waals surface area contributed by atoms with Crippen molar-refractivity contribution in [3.8, 4) is 0 Å². The first-order valence-corrected chi connectivity index (χ1v) is 8.65. The third-order valence-corrected chi connectivity index (χ3v) is 5.13. The van der Waals surface area contributed by atoms with Gasteiger partial charge in [-0.2, -0.15) is 0 Å². The Kier molecular flexibility index (Phi) is 5.04. The molecule has 0 saturated heterocycles. The van der Waals surface area contributed by atoms with E-state index in [1.54, 1.807) is 13.0 Å². The molecule has 0 aliphatic carbocycles. The SMILES string of the molecule is Cc1ccc(C)c(S(=O)(=O)NCc2ccc(CCl)cc2)c1. The van der Waals surface area contributed by atoms with Gasteiger partial charge in [0.2, 0.25) is 10.0 Å². The summed E-state index contributed by atoms with van der Waals surface area (Å²) in [7, 11) is -3.50. The van der Waals surface area contributed by atoms with Crippen LogP contribution in [0.3, 0.4) is 0 Å². The van der Waals surface area contributed by atoms with Crippen molar-refractivity contribution in [3.63, 3.8) is 0 Å². The number of halogens is 1. The Morgan fingerprint density at radius 2 is 1.62 bits per heavy atom. The van der Waals surface area contributed by atoms with Crippen molar-refractivity contribution in [2.24, 2.45) is 0 Å². The van der Waals surface area contributed by atoms with E-state index < -0.39 is 10.0 Å². The van der Waals surface area contributed by atoms with E-state index in [-0.39, 0.29) is 6.54 Å². The lowest BCUT2D eigenvalue weighted by Crippen LogP contribution is -2.24. The van der Waals surface area contributed by atoms with Gasteiger partial charge in [-0.15, -0.1) is 11.6 Å². The van der Waals surface area contributed by atoms with Gasteiger partial charge in [-0.3, -0.25) is 0 Å². The van der Waals surface area contributed by atoms with Crippen molar-refractivity contribution in [2.75, 3.05) is 0 Å². The highest BCUT2D eigenvalue weighted by Gasteiger charge is 2.16. The molecule has 21 heavy (non-hydrogen) atoms. The zero-order valence-corrected chi connectivity index (χ0v) is 13.6. The average molecular weight is 324 g/mol. The van der Waals surface area contributed by atoms with Gasteiger partial charge in [-0.1, -0.05) is 36.4 Å². The first kappa shape index (κ1) is 16.0. The summed E-state index contributed by atoms with van der Waals surface area (Å²) >= 11 is 5.73. The number of hydrogen-bond donors (Lipinski definition) is 1. The maximum absolute atomic E-state index is 12.4. The van der Waals surface area contributed by atoms with Crippen LogP contribution < -0.4 is 4.72 Å². The molecule has 0 heterocycles. The van der Waals surface area contributed by atoms with Gasteiger partial charge in [0.15, 0.2) is 0 Å². The van der Waals surface area contributed by atoms with E-state index in [4.69, 9.17) is 11.6 Å². The van der Waals surface area contributed by atoms with Crippen molar-refractivity contribution in [2.45, 2.75) is 31.2 Å². The number of aryl methyl sites for hydroxylation is 2. The Bertz CT molecular complexity index is 724. The van der Waals surface area contributed by atoms with Crippen LogP contribution in [-0.4, -0.2) is 8.42 Å². The Balaban J connectivity index is 2.15. The summed E-state index contributed by atoms with van der Waals surface area (Å²) in [6, 6.07) is 13.0. The molecule has 1 N–H and O–H groups in total. The fraction of sp³-hybridized carbons (Fsp3) is 0.250.